The molecule has 1 fully saturated rings. The van der Waals surface area contributed by atoms with Gasteiger partial charge in [0.15, 0.2) is 0 Å². The summed E-state index contributed by atoms with van der Waals surface area (Å²) in [6.45, 7) is 9.06. The topological polar surface area (TPSA) is 39.3 Å². The van der Waals surface area contributed by atoms with E-state index in [1.54, 1.807) is 0 Å². The van der Waals surface area contributed by atoms with E-state index in [0.717, 1.165) is 45.8 Å². The first kappa shape index (κ1) is 28.2. The summed E-state index contributed by atoms with van der Waals surface area (Å²) in [6, 6.07) is 0. The predicted molar refractivity (Wildman–Crippen MR) is 94.3 cm³/mol. The maximum absolute atomic E-state index is 3.47. The molecule has 8 heteroatoms. The lowest BCUT2D eigenvalue weighted by atomic mass is 10.3. The third-order valence-corrected chi connectivity index (χ3v) is 2.75. The standard InChI is InChI=1S/C11H26N4.4ClH/c1-15-10-3-6-13-8-7-12-4-2-5-14-9-11-15;;;;/h12-14H,2-11H2,1H3;4*1H. The Morgan fingerprint density at radius 1 is 0.579 bits per heavy atom. The maximum Gasteiger partial charge on any atom is 0.0104 e. The van der Waals surface area contributed by atoms with Gasteiger partial charge in [0.05, 0.1) is 0 Å². The van der Waals surface area contributed by atoms with Gasteiger partial charge in [-0.15, -0.1) is 49.6 Å². The quantitative estimate of drug-likeness (QED) is 0.607. The van der Waals surface area contributed by atoms with Crippen LogP contribution in [0.5, 0.6) is 0 Å². The molecule has 4 nitrogen and oxygen atoms in total. The zero-order valence-corrected chi connectivity index (χ0v) is 14.9. The molecule has 0 spiro atoms. The SMILES string of the molecule is CN1CCCNCCNCCCNCC1.Cl.Cl.Cl.Cl. The van der Waals surface area contributed by atoms with Crippen molar-refractivity contribution in [2.24, 2.45) is 0 Å². The summed E-state index contributed by atoms with van der Waals surface area (Å²) in [5.41, 5.74) is 0. The summed E-state index contributed by atoms with van der Waals surface area (Å²) in [7, 11) is 2.20. The molecule has 1 heterocycles. The van der Waals surface area contributed by atoms with Gasteiger partial charge in [0.2, 0.25) is 0 Å². The van der Waals surface area contributed by atoms with E-state index in [2.05, 4.69) is 27.9 Å². The number of hydrogen-bond donors (Lipinski definition) is 3. The van der Waals surface area contributed by atoms with Crippen LogP contribution in [0, 0.1) is 0 Å². The molecule has 1 saturated heterocycles. The smallest absolute Gasteiger partial charge is 0.0104 e. The van der Waals surface area contributed by atoms with Crippen LogP contribution in [0.2, 0.25) is 0 Å². The first-order valence-electron chi connectivity index (χ1n) is 6.20. The molecule has 1 aliphatic heterocycles. The van der Waals surface area contributed by atoms with Gasteiger partial charge in [-0.25, -0.2) is 0 Å². The second-order valence-electron chi connectivity index (χ2n) is 4.26. The Kier molecular flexibility index (Phi) is 31.6. The number of likely N-dealkylation sites (N-methyl/N-ethyl adjacent to an activating group) is 1. The minimum Gasteiger partial charge on any atom is -0.315 e. The average molecular weight is 360 g/mol. The van der Waals surface area contributed by atoms with Crippen LogP contribution in [0.4, 0.5) is 0 Å². The van der Waals surface area contributed by atoms with Crippen LogP contribution >= 0.6 is 49.6 Å². The highest BCUT2D eigenvalue weighted by Gasteiger charge is 1.98. The van der Waals surface area contributed by atoms with Crippen molar-refractivity contribution >= 4 is 49.6 Å². The highest BCUT2D eigenvalue weighted by molar-refractivity contribution is 5.86. The fraction of sp³-hybridized carbons (Fsp3) is 1.00. The van der Waals surface area contributed by atoms with Crippen molar-refractivity contribution in [1.29, 1.82) is 0 Å². The Morgan fingerprint density at radius 3 is 1.63 bits per heavy atom. The van der Waals surface area contributed by atoms with Gasteiger partial charge in [-0.2, -0.15) is 0 Å². The molecule has 3 N–H and O–H groups in total. The first-order chi connectivity index (χ1) is 7.39. The molecule has 0 aliphatic carbocycles. The van der Waals surface area contributed by atoms with Crippen LogP contribution < -0.4 is 16.0 Å². The number of hydrogen-bond acceptors (Lipinski definition) is 4. The van der Waals surface area contributed by atoms with Crippen molar-refractivity contribution in [3.05, 3.63) is 0 Å². The van der Waals surface area contributed by atoms with Crippen LogP contribution in [-0.4, -0.2) is 64.3 Å². The molecule has 0 bridgehead atoms. The second-order valence-corrected chi connectivity index (χ2v) is 4.26. The van der Waals surface area contributed by atoms with Crippen molar-refractivity contribution in [2.45, 2.75) is 12.8 Å². The molecular formula is C11H30Cl4N4. The Hall–Kier alpha value is 1.00. The van der Waals surface area contributed by atoms with Gasteiger partial charge in [-0.1, -0.05) is 0 Å². The van der Waals surface area contributed by atoms with Crippen LogP contribution in [-0.2, 0) is 0 Å². The molecule has 0 unspecified atom stereocenters. The van der Waals surface area contributed by atoms with Gasteiger partial charge in [-0.3, -0.25) is 0 Å². The van der Waals surface area contributed by atoms with E-state index in [9.17, 15) is 0 Å². The molecule has 0 saturated carbocycles. The van der Waals surface area contributed by atoms with E-state index in [0.29, 0.717) is 0 Å². The first-order valence-corrected chi connectivity index (χ1v) is 6.20. The molecule has 0 aromatic heterocycles. The minimum absolute atomic E-state index is 0. The third kappa shape index (κ3) is 19.0. The molecule has 1 aliphatic rings. The summed E-state index contributed by atoms with van der Waals surface area (Å²) < 4.78 is 0. The van der Waals surface area contributed by atoms with Gasteiger partial charge >= 0.3 is 0 Å². The zero-order valence-electron chi connectivity index (χ0n) is 11.7. The van der Waals surface area contributed by atoms with E-state index in [-0.39, 0.29) is 49.6 Å². The van der Waals surface area contributed by atoms with Crippen molar-refractivity contribution in [2.75, 3.05) is 59.4 Å². The summed E-state index contributed by atoms with van der Waals surface area (Å²) >= 11 is 0. The fourth-order valence-electron chi connectivity index (χ4n) is 1.75. The number of nitrogens with one attached hydrogen (secondary N) is 3. The summed E-state index contributed by atoms with van der Waals surface area (Å²) in [4.78, 5) is 2.40. The largest absolute Gasteiger partial charge is 0.315 e. The maximum atomic E-state index is 3.47. The van der Waals surface area contributed by atoms with Gasteiger partial charge in [-0.05, 0) is 46.1 Å². The Morgan fingerprint density at radius 2 is 1.05 bits per heavy atom. The highest BCUT2D eigenvalue weighted by Crippen LogP contribution is 1.86. The van der Waals surface area contributed by atoms with Crippen LogP contribution in [0.15, 0.2) is 0 Å². The van der Waals surface area contributed by atoms with E-state index in [4.69, 9.17) is 0 Å². The summed E-state index contributed by atoms with van der Waals surface area (Å²) in [5, 5.41) is 10.4. The van der Waals surface area contributed by atoms with Gasteiger partial charge in [0.1, 0.15) is 0 Å². The highest BCUT2D eigenvalue weighted by atomic mass is 35.5. The van der Waals surface area contributed by atoms with Gasteiger partial charge in [0.25, 0.3) is 0 Å². The number of rotatable bonds is 0. The van der Waals surface area contributed by atoms with Crippen molar-refractivity contribution in [3.8, 4) is 0 Å². The zero-order chi connectivity index (χ0) is 10.8. The number of halogens is 4. The lowest BCUT2D eigenvalue weighted by Gasteiger charge is -2.17. The van der Waals surface area contributed by atoms with E-state index in [1.165, 1.54) is 19.4 Å². The molecule has 0 atom stereocenters. The average Bonchev–Trinajstić information content (AvgIpc) is 2.24. The third-order valence-electron chi connectivity index (χ3n) is 2.75. The molecule has 0 aromatic rings. The minimum atomic E-state index is 0. The van der Waals surface area contributed by atoms with Crippen molar-refractivity contribution < 1.29 is 0 Å². The van der Waals surface area contributed by atoms with Crippen LogP contribution in [0.1, 0.15) is 12.8 Å². The van der Waals surface area contributed by atoms with Gasteiger partial charge in [0, 0.05) is 26.2 Å². The van der Waals surface area contributed by atoms with Crippen molar-refractivity contribution in [3.63, 3.8) is 0 Å². The molecule has 0 radical (unpaired) electrons. The van der Waals surface area contributed by atoms with Crippen LogP contribution in [0.3, 0.4) is 0 Å². The Labute approximate surface area is 142 Å². The predicted octanol–water partition coefficient (Wildman–Crippen LogP) is 1.17. The Bertz CT molecular complexity index is 141. The molecule has 0 aromatic carbocycles. The summed E-state index contributed by atoms with van der Waals surface area (Å²) in [5.74, 6) is 0. The molecule has 19 heavy (non-hydrogen) atoms. The fourth-order valence-corrected chi connectivity index (χ4v) is 1.75. The Balaban J connectivity index is -0.000000281. The molecular weight excluding hydrogens is 330 g/mol. The molecule has 1 rings (SSSR count). The molecule has 0 amide bonds. The summed E-state index contributed by atoms with van der Waals surface area (Å²) in [6.07, 6.45) is 2.47. The van der Waals surface area contributed by atoms with Gasteiger partial charge < -0.3 is 20.9 Å². The van der Waals surface area contributed by atoms with Crippen molar-refractivity contribution in [1.82, 2.24) is 20.9 Å². The van der Waals surface area contributed by atoms with E-state index in [1.807, 2.05) is 0 Å². The second kappa shape index (κ2) is 21.3. The van der Waals surface area contributed by atoms with E-state index >= 15 is 0 Å². The molecule has 122 valence electrons. The van der Waals surface area contributed by atoms with Crippen LogP contribution in [0.25, 0.3) is 0 Å². The normalized spacial score (nSPS) is 19.4. The monoisotopic (exact) mass is 358 g/mol. The lowest BCUT2D eigenvalue weighted by molar-refractivity contribution is 0.323. The lowest BCUT2D eigenvalue weighted by Crippen LogP contribution is -2.35. The number of nitrogens with zero attached hydrogens (tertiary/aromatic N) is 1. The van der Waals surface area contributed by atoms with E-state index < -0.39 is 0 Å².